The van der Waals surface area contributed by atoms with Crippen molar-refractivity contribution in [3.63, 3.8) is 0 Å². The zero-order chi connectivity index (χ0) is 15.2. The topological polar surface area (TPSA) is 44.8 Å². The minimum Gasteiger partial charge on any atom is -0.493 e. The van der Waals surface area contributed by atoms with Crippen molar-refractivity contribution in [2.24, 2.45) is 0 Å². The molecule has 2 rings (SSSR count). The number of hydrogen-bond donors (Lipinski definition) is 1. The highest BCUT2D eigenvalue weighted by atomic mass is 32.1. The Morgan fingerprint density at radius 3 is 2.62 bits per heavy atom. The van der Waals surface area contributed by atoms with E-state index in [0.29, 0.717) is 23.0 Å². The number of carbonyl (C=O) groups is 1. The Kier molecular flexibility index (Phi) is 5.52. The first-order chi connectivity index (χ1) is 10.1. The third-order valence-corrected chi connectivity index (χ3v) is 3.80. The summed E-state index contributed by atoms with van der Waals surface area (Å²) in [7, 11) is 2.08. The lowest BCUT2D eigenvalue weighted by molar-refractivity contribution is 0.0967. The van der Waals surface area contributed by atoms with E-state index in [2.05, 4.69) is 17.3 Å². The van der Waals surface area contributed by atoms with Gasteiger partial charge >= 0.3 is 0 Å². The van der Waals surface area contributed by atoms with Crippen LogP contribution < -0.4 is 10.1 Å². The molecule has 1 N–H and O–H groups in total. The summed E-state index contributed by atoms with van der Waals surface area (Å²) >= 11 is 5.33. The molecule has 1 fully saturated rings. The van der Waals surface area contributed by atoms with Crippen molar-refractivity contribution < 1.29 is 9.53 Å². The number of likely N-dealkylation sites (N-methyl/N-ethyl adjacent to an activating group) is 1. The predicted molar refractivity (Wildman–Crippen MR) is 86.7 cm³/mol. The molecule has 1 saturated heterocycles. The lowest BCUT2D eigenvalue weighted by Gasteiger charge is -2.33. The summed E-state index contributed by atoms with van der Waals surface area (Å²) in [6.45, 7) is 5.99. The van der Waals surface area contributed by atoms with Gasteiger partial charge in [-0.1, -0.05) is 12.1 Å². The predicted octanol–water partition coefficient (Wildman–Crippen LogP) is 1.35. The Hall–Kier alpha value is -1.66. The standard InChI is InChI=1S/C15H21N3O2S/c1-3-20-13-7-5-4-6-12(13)14(19)16-15(21)18-10-8-17(2)9-11-18/h4-7H,3,8-11H2,1-2H3,(H,16,19,21). The largest absolute Gasteiger partial charge is 0.493 e. The molecule has 0 aliphatic carbocycles. The van der Waals surface area contributed by atoms with E-state index < -0.39 is 0 Å². The number of para-hydroxylation sites is 1. The summed E-state index contributed by atoms with van der Waals surface area (Å²) in [5, 5.41) is 3.29. The Balaban J connectivity index is 1.99. The van der Waals surface area contributed by atoms with Gasteiger partial charge in [-0.25, -0.2) is 0 Å². The molecule has 1 aromatic carbocycles. The average molecular weight is 307 g/mol. The second-order valence-corrected chi connectivity index (χ2v) is 5.37. The van der Waals surface area contributed by atoms with Gasteiger partial charge in [0.1, 0.15) is 5.75 Å². The first-order valence-electron chi connectivity index (χ1n) is 7.12. The van der Waals surface area contributed by atoms with Gasteiger partial charge in [0.05, 0.1) is 12.2 Å². The molecule has 0 aromatic heterocycles. The normalized spacial score (nSPS) is 15.6. The van der Waals surface area contributed by atoms with E-state index in [1.165, 1.54) is 0 Å². The molecule has 1 aromatic rings. The molecule has 1 heterocycles. The summed E-state index contributed by atoms with van der Waals surface area (Å²) < 4.78 is 5.47. The molecule has 21 heavy (non-hydrogen) atoms. The quantitative estimate of drug-likeness (QED) is 0.854. The first-order valence-corrected chi connectivity index (χ1v) is 7.53. The van der Waals surface area contributed by atoms with Gasteiger partial charge in [-0.3, -0.25) is 10.1 Å². The second-order valence-electron chi connectivity index (χ2n) is 4.98. The number of thiocarbonyl (C=S) groups is 1. The fourth-order valence-electron chi connectivity index (χ4n) is 2.19. The molecule has 114 valence electrons. The van der Waals surface area contributed by atoms with Crippen molar-refractivity contribution in [2.75, 3.05) is 39.8 Å². The van der Waals surface area contributed by atoms with E-state index in [-0.39, 0.29) is 5.91 Å². The number of ether oxygens (including phenoxy) is 1. The van der Waals surface area contributed by atoms with Crippen LogP contribution in [0, 0.1) is 0 Å². The Labute approximate surface area is 130 Å². The SMILES string of the molecule is CCOc1ccccc1C(=O)NC(=S)N1CCN(C)CC1. The van der Waals surface area contributed by atoms with Crippen LogP contribution in [-0.4, -0.2) is 60.7 Å². The third kappa shape index (κ3) is 4.15. The number of nitrogens with one attached hydrogen (secondary N) is 1. The molecule has 1 amide bonds. The van der Waals surface area contributed by atoms with Crippen LogP contribution in [0.3, 0.4) is 0 Å². The maximum absolute atomic E-state index is 12.3. The van der Waals surface area contributed by atoms with Crippen LogP contribution in [0.2, 0.25) is 0 Å². The van der Waals surface area contributed by atoms with Crippen LogP contribution in [0.1, 0.15) is 17.3 Å². The fourth-order valence-corrected chi connectivity index (χ4v) is 2.46. The van der Waals surface area contributed by atoms with Crippen molar-refractivity contribution in [2.45, 2.75) is 6.92 Å². The summed E-state index contributed by atoms with van der Waals surface area (Å²) in [5.74, 6) is 0.363. The Morgan fingerprint density at radius 1 is 1.29 bits per heavy atom. The van der Waals surface area contributed by atoms with Gasteiger partial charge in [0.25, 0.3) is 5.91 Å². The van der Waals surface area contributed by atoms with Crippen molar-refractivity contribution in [3.05, 3.63) is 29.8 Å². The smallest absolute Gasteiger partial charge is 0.261 e. The maximum atomic E-state index is 12.3. The van der Waals surface area contributed by atoms with Crippen molar-refractivity contribution in [1.82, 2.24) is 15.1 Å². The monoisotopic (exact) mass is 307 g/mol. The first kappa shape index (κ1) is 15.7. The molecule has 0 radical (unpaired) electrons. The minimum atomic E-state index is -0.219. The number of hydrogen-bond acceptors (Lipinski definition) is 4. The van der Waals surface area contributed by atoms with Gasteiger partial charge in [0.2, 0.25) is 0 Å². The highest BCUT2D eigenvalue weighted by Gasteiger charge is 2.19. The Morgan fingerprint density at radius 2 is 1.95 bits per heavy atom. The number of amides is 1. The van der Waals surface area contributed by atoms with Crippen LogP contribution in [-0.2, 0) is 0 Å². The van der Waals surface area contributed by atoms with E-state index in [9.17, 15) is 4.79 Å². The summed E-state index contributed by atoms with van der Waals surface area (Å²) in [4.78, 5) is 16.6. The number of nitrogens with zero attached hydrogens (tertiary/aromatic N) is 2. The van der Waals surface area contributed by atoms with E-state index in [0.717, 1.165) is 26.2 Å². The van der Waals surface area contributed by atoms with Gasteiger partial charge in [0.15, 0.2) is 5.11 Å². The zero-order valence-electron chi connectivity index (χ0n) is 12.5. The number of benzene rings is 1. The molecule has 1 aliphatic rings. The van der Waals surface area contributed by atoms with E-state index in [1.54, 1.807) is 12.1 Å². The Bertz CT molecular complexity index is 513. The number of rotatable bonds is 3. The van der Waals surface area contributed by atoms with Gasteiger partial charge < -0.3 is 14.5 Å². The molecular formula is C15H21N3O2S. The van der Waals surface area contributed by atoms with Crippen LogP contribution in [0.4, 0.5) is 0 Å². The molecule has 0 unspecified atom stereocenters. The van der Waals surface area contributed by atoms with Crippen molar-refractivity contribution >= 4 is 23.2 Å². The second kappa shape index (κ2) is 7.38. The highest BCUT2D eigenvalue weighted by Crippen LogP contribution is 2.17. The lowest BCUT2D eigenvalue weighted by atomic mass is 10.2. The third-order valence-electron chi connectivity index (χ3n) is 3.44. The molecule has 1 aliphatic heterocycles. The van der Waals surface area contributed by atoms with Crippen LogP contribution in [0.25, 0.3) is 0 Å². The molecule has 5 nitrogen and oxygen atoms in total. The van der Waals surface area contributed by atoms with Crippen LogP contribution in [0.15, 0.2) is 24.3 Å². The zero-order valence-corrected chi connectivity index (χ0v) is 13.3. The van der Waals surface area contributed by atoms with Gasteiger partial charge in [-0.05, 0) is 38.3 Å². The van der Waals surface area contributed by atoms with Gasteiger partial charge in [0, 0.05) is 26.2 Å². The highest BCUT2D eigenvalue weighted by molar-refractivity contribution is 7.80. The molecule has 0 spiro atoms. The minimum absolute atomic E-state index is 0.219. The summed E-state index contributed by atoms with van der Waals surface area (Å²) in [6, 6.07) is 7.20. The van der Waals surface area contributed by atoms with Crippen molar-refractivity contribution in [1.29, 1.82) is 0 Å². The molecular weight excluding hydrogens is 286 g/mol. The summed E-state index contributed by atoms with van der Waals surface area (Å²) in [6.07, 6.45) is 0. The van der Waals surface area contributed by atoms with E-state index in [1.807, 2.05) is 24.0 Å². The maximum Gasteiger partial charge on any atom is 0.261 e. The van der Waals surface area contributed by atoms with Gasteiger partial charge in [-0.2, -0.15) is 0 Å². The fraction of sp³-hybridized carbons (Fsp3) is 0.467. The van der Waals surface area contributed by atoms with Crippen molar-refractivity contribution in [3.8, 4) is 5.75 Å². The lowest BCUT2D eigenvalue weighted by Crippen LogP contribution is -2.51. The van der Waals surface area contributed by atoms with Crippen LogP contribution in [0.5, 0.6) is 5.75 Å². The summed E-state index contributed by atoms with van der Waals surface area (Å²) in [5.41, 5.74) is 0.510. The van der Waals surface area contributed by atoms with E-state index >= 15 is 0 Å². The number of carbonyl (C=O) groups excluding carboxylic acids is 1. The molecule has 0 bridgehead atoms. The molecule has 0 saturated carbocycles. The average Bonchev–Trinajstić information content (AvgIpc) is 2.48. The van der Waals surface area contributed by atoms with Crippen LogP contribution >= 0.6 is 12.2 Å². The molecule has 0 atom stereocenters. The van der Waals surface area contributed by atoms with Gasteiger partial charge in [-0.15, -0.1) is 0 Å². The molecule has 6 heteroatoms. The number of piperazine rings is 1. The van der Waals surface area contributed by atoms with E-state index in [4.69, 9.17) is 17.0 Å².